The summed E-state index contributed by atoms with van der Waals surface area (Å²) < 4.78 is 0. The molecule has 0 aliphatic heterocycles. The monoisotopic (exact) mass is 276 g/mol. The number of nitrogens with one attached hydrogen (secondary N) is 1. The Balaban J connectivity index is 1.88. The second-order valence-electron chi connectivity index (χ2n) is 5.49. The van der Waals surface area contributed by atoms with Crippen LogP contribution < -0.4 is 5.32 Å². The molecule has 0 bridgehead atoms. The third-order valence-corrected chi connectivity index (χ3v) is 3.95. The molecule has 0 aromatic heterocycles. The molecule has 1 saturated carbocycles. The summed E-state index contributed by atoms with van der Waals surface area (Å²) in [6.45, 7) is 1.76. The van der Waals surface area contributed by atoms with Crippen molar-refractivity contribution in [1.82, 2.24) is 0 Å². The van der Waals surface area contributed by atoms with Crippen molar-refractivity contribution in [3.8, 4) is 0 Å². The standard InChI is InChI=1S/C15H20N2O3/c1-11-10-13(17(19)20)7-8-14(11)16-15(18)9-6-12-4-2-3-5-12/h7-8,10,12H,2-6,9H2,1H3,(H,16,18). The number of rotatable bonds is 5. The summed E-state index contributed by atoms with van der Waals surface area (Å²) in [6.07, 6.45) is 6.52. The van der Waals surface area contributed by atoms with Crippen molar-refractivity contribution in [2.24, 2.45) is 5.92 Å². The van der Waals surface area contributed by atoms with Crippen molar-refractivity contribution in [2.75, 3.05) is 5.32 Å². The Morgan fingerprint density at radius 1 is 1.40 bits per heavy atom. The quantitative estimate of drug-likeness (QED) is 0.656. The van der Waals surface area contributed by atoms with E-state index in [1.807, 2.05) is 0 Å². The summed E-state index contributed by atoms with van der Waals surface area (Å²) in [5.74, 6) is 0.688. The van der Waals surface area contributed by atoms with Gasteiger partial charge in [-0.15, -0.1) is 0 Å². The number of carbonyl (C=O) groups excluding carboxylic acids is 1. The smallest absolute Gasteiger partial charge is 0.269 e. The summed E-state index contributed by atoms with van der Waals surface area (Å²) in [4.78, 5) is 22.1. The van der Waals surface area contributed by atoms with Crippen molar-refractivity contribution in [1.29, 1.82) is 0 Å². The minimum Gasteiger partial charge on any atom is -0.326 e. The largest absolute Gasteiger partial charge is 0.326 e. The predicted octanol–water partition coefficient (Wildman–Crippen LogP) is 3.81. The normalized spacial score (nSPS) is 15.2. The molecule has 5 nitrogen and oxygen atoms in total. The number of hydrogen-bond donors (Lipinski definition) is 1. The first kappa shape index (κ1) is 14.5. The van der Waals surface area contributed by atoms with Crippen molar-refractivity contribution >= 4 is 17.3 Å². The van der Waals surface area contributed by atoms with E-state index in [4.69, 9.17) is 0 Å². The molecule has 0 heterocycles. The average molecular weight is 276 g/mol. The number of benzene rings is 1. The molecule has 1 N–H and O–H groups in total. The van der Waals surface area contributed by atoms with Gasteiger partial charge < -0.3 is 5.32 Å². The highest BCUT2D eigenvalue weighted by Gasteiger charge is 2.16. The number of nitro benzene ring substituents is 1. The first-order valence-electron chi connectivity index (χ1n) is 7.11. The molecule has 0 unspecified atom stereocenters. The van der Waals surface area contributed by atoms with Gasteiger partial charge in [-0.05, 0) is 30.9 Å². The molecule has 0 spiro atoms. The van der Waals surface area contributed by atoms with E-state index < -0.39 is 4.92 Å². The summed E-state index contributed by atoms with van der Waals surface area (Å²) in [7, 11) is 0. The van der Waals surface area contributed by atoms with Gasteiger partial charge in [-0.2, -0.15) is 0 Å². The fraction of sp³-hybridized carbons (Fsp3) is 0.533. The zero-order valence-electron chi connectivity index (χ0n) is 11.7. The van der Waals surface area contributed by atoms with Gasteiger partial charge in [-0.25, -0.2) is 0 Å². The zero-order valence-corrected chi connectivity index (χ0v) is 11.7. The Hall–Kier alpha value is -1.91. The Labute approximate surface area is 118 Å². The number of anilines is 1. The van der Waals surface area contributed by atoms with Gasteiger partial charge in [0.25, 0.3) is 5.69 Å². The molecule has 1 aliphatic carbocycles. The first-order valence-corrected chi connectivity index (χ1v) is 7.11. The average Bonchev–Trinajstić information content (AvgIpc) is 2.91. The summed E-state index contributed by atoms with van der Waals surface area (Å²) in [5.41, 5.74) is 1.42. The third kappa shape index (κ3) is 3.79. The van der Waals surface area contributed by atoms with Crippen molar-refractivity contribution in [3.05, 3.63) is 33.9 Å². The molecule has 1 aliphatic rings. The second kappa shape index (κ2) is 6.50. The molecular weight excluding hydrogens is 256 g/mol. The Bertz CT molecular complexity index is 508. The molecular formula is C15H20N2O3. The van der Waals surface area contributed by atoms with Crippen molar-refractivity contribution in [3.63, 3.8) is 0 Å². The number of amides is 1. The lowest BCUT2D eigenvalue weighted by Crippen LogP contribution is -2.13. The fourth-order valence-corrected chi connectivity index (χ4v) is 2.75. The maximum absolute atomic E-state index is 11.9. The van der Waals surface area contributed by atoms with Crippen LogP contribution in [0.15, 0.2) is 18.2 Å². The molecule has 2 rings (SSSR count). The van der Waals surface area contributed by atoms with Gasteiger partial charge in [0.1, 0.15) is 0 Å². The lowest BCUT2D eigenvalue weighted by Gasteiger charge is -2.10. The van der Waals surface area contributed by atoms with Crippen LogP contribution in [0.3, 0.4) is 0 Å². The van der Waals surface area contributed by atoms with Crippen LogP contribution in [0.4, 0.5) is 11.4 Å². The van der Waals surface area contributed by atoms with Gasteiger partial charge in [-0.3, -0.25) is 14.9 Å². The molecule has 108 valence electrons. The van der Waals surface area contributed by atoms with Crippen LogP contribution in [0.5, 0.6) is 0 Å². The summed E-state index contributed by atoms with van der Waals surface area (Å²) in [6, 6.07) is 4.49. The van der Waals surface area contributed by atoms with Crippen molar-refractivity contribution in [2.45, 2.75) is 45.4 Å². The Morgan fingerprint density at radius 3 is 2.70 bits per heavy atom. The van der Waals surface area contributed by atoms with E-state index in [0.717, 1.165) is 6.42 Å². The number of carbonyl (C=O) groups is 1. The minimum atomic E-state index is -0.432. The van der Waals surface area contributed by atoms with Crippen LogP contribution in [0.2, 0.25) is 0 Å². The van der Waals surface area contributed by atoms with E-state index in [-0.39, 0.29) is 11.6 Å². The van der Waals surface area contributed by atoms with Gasteiger partial charge in [0.05, 0.1) is 4.92 Å². The van der Waals surface area contributed by atoms with Crippen LogP contribution >= 0.6 is 0 Å². The lowest BCUT2D eigenvalue weighted by molar-refractivity contribution is -0.384. The van der Waals surface area contributed by atoms with E-state index in [1.54, 1.807) is 13.0 Å². The second-order valence-corrected chi connectivity index (χ2v) is 5.49. The summed E-state index contributed by atoms with van der Waals surface area (Å²) >= 11 is 0. The van der Waals surface area contributed by atoms with Crippen LogP contribution in [-0.2, 0) is 4.79 Å². The topological polar surface area (TPSA) is 72.2 Å². The maximum Gasteiger partial charge on any atom is 0.269 e. The zero-order chi connectivity index (χ0) is 14.5. The lowest BCUT2D eigenvalue weighted by atomic mass is 10.0. The molecule has 1 aromatic rings. The van der Waals surface area contributed by atoms with Gasteiger partial charge in [0, 0.05) is 24.2 Å². The molecule has 0 saturated heterocycles. The van der Waals surface area contributed by atoms with E-state index in [1.165, 1.54) is 37.8 Å². The molecule has 1 fully saturated rings. The van der Waals surface area contributed by atoms with Crippen LogP contribution in [0.1, 0.15) is 44.1 Å². The SMILES string of the molecule is Cc1cc([N+](=O)[O-])ccc1NC(=O)CCC1CCCC1. The highest BCUT2D eigenvalue weighted by Crippen LogP contribution is 2.28. The van der Waals surface area contributed by atoms with Gasteiger partial charge in [-0.1, -0.05) is 25.7 Å². The van der Waals surface area contributed by atoms with E-state index in [2.05, 4.69) is 5.32 Å². The number of nitro groups is 1. The number of hydrogen-bond acceptors (Lipinski definition) is 3. The molecule has 20 heavy (non-hydrogen) atoms. The third-order valence-electron chi connectivity index (χ3n) is 3.95. The number of nitrogens with zero attached hydrogens (tertiary/aromatic N) is 1. The first-order chi connectivity index (χ1) is 9.56. The molecule has 1 amide bonds. The molecule has 5 heteroatoms. The van der Waals surface area contributed by atoms with E-state index in [9.17, 15) is 14.9 Å². The predicted molar refractivity (Wildman–Crippen MR) is 77.7 cm³/mol. The van der Waals surface area contributed by atoms with Gasteiger partial charge >= 0.3 is 0 Å². The number of aryl methyl sites for hydroxylation is 1. The molecule has 0 atom stereocenters. The molecule has 1 aromatic carbocycles. The fourth-order valence-electron chi connectivity index (χ4n) is 2.75. The number of non-ortho nitro benzene ring substituents is 1. The van der Waals surface area contributed by atoms with E-state index in [0.29, 0.717) is 23.6 Å². The summed E-state index contributed by atoms with van der Waals surface area (Å²) in [5, 5.41) is 13.5. The minimum absolute atomic E-state index is 0.00569. The van der Waals surface area contributed by atoms with Gasteiger partial charge in [0.15, 0.2) is 0 Å². The highest BCUT2D eigenvalue weighted by molar-refractivity contribution is 5.91. The Kier molecular flexibility index (Phi) is 4.71. The van der Waals surface area contributed by atoms with Crippen LogP contribution in [0.25, 0.3) is 0 Å². The molecule has 0 radical (unpaired) electrons. The van der Waals surface area contributed by atoms with Gasteiger partial charge in [0.2, 0.25) is 5.91 Å². The van der Waals surface area contributed by atoms with Crippen LogP contribution in [-0.4, -0.2) is 10.8 Å². The highest BCUT2D eigenvalue weighted by atomic mass is 16.6. The van der Waals surface area contributed by atoms with Crippen LogP contribution in [0, 0.1) is 23.0 Å². The van der Waals surface area contributed by atoms with Crippen molar-refractivity contribution < 1.29 is 9.72 Å². The maximum atomic E-state index is 11.9. The van der Waals surface area contributed by atoms with E-state index >= 15 is 0 Å². The Morgan fingerprint density at radius 2 is 2.10 bits per heavy atom.